The van der Waals surface area contributed by atoms with Gasteiger partial charge in [0.2, 0.25) is 0 Å². The smallest absolute Gasteiger partial charge is 0.462 e. The molecule has 2 unspecified atom stereocenters. The van der Waals surface area contributed by atoms with Crippen LogP contribution in [-0.2, 0) is 32.7 Å². The van der Waals surface area contributed by atoms with Gasteiger partial charge in [-0.3, -0.25) is 18.6 Å². The second-order valence-corrected chi connectivity index (χ2v) is 23.9. The summed E-state index contributed by atoms with van der Waals surface area (Å²) in [4.78, 5) is 35.7. The average molecular weight is 1040 g/mol. The quantitative estimate of drug-likeness (QED) is 0.0211. The van der Waals surface area contributed by atoms with E-state index in [0.29, 0.717) is 23.9 Å². The minimum absolute atomic E-state index is 0.0341. The molecule has 1 N–H and O–H groups in total. The number of hydrogen-bond donors (Lipinski definition) is 1. The fourth-order valence-corrected chi connectivity index (χ4v) is 9.87. The Kier molecular flexibility index (Phi) is 53.1. The van der Waals surface area contributed by atoms with Crippen LogP contribution in [0.25, 0.3) is 0 Å². The van der Waals surface area contributed by atoms with E-state index in [1.165, 1.54) is 244 Å². The van der Waals surface area contributed by atoms with Gasteiger partial charge < -0.3 is 18.9 Å². The monoisotopic (exact) mass is 1040 g/mol. The fraction of sp³-hybridized carbons (Fsp3) is 0.903. The van der Waals surface area contributed by atoms with Gasteiger partial charge in [-0.15, -0.1) is 0 Å². The molecule has 0 aromatic carbocycles. The zero-order valence-corrected chi connectivity index (χ0v) is 49.3. The molecular formula is C62H121NO8P+. The van der Waals surface area contributed by atoms with Crippen molar-refractivity contribution in [3.05, 3.63) is 24.3 Å². The second-order valence-electron chi connectivity index (χ2n) is 22.4. The van der Waals surface area contributed by atoms with Crippen molar-refractivity contribution in [1.29, 1.82) is 0 Å². The van der Waals surface area contributed by atoms with Crippen molar-refractivity contribution in [2.75, 3.05) is 47.5 Å². The molecule has 0 saturated carbocycles. The first-order valence-corrected chi connectivity index (χ1v) is 32.6. The molecule has 0 aliphatic carbocycles. The Morgan fingerprint density at radius 2 is 0.708 bits per heavy atom. The summed E-state index contributed by atoms with van der Waals surface area (Å²) in [6.45, 7) is 4.49. The molecule has 0 fully saturated rings. The Morgan fingerprint density at radius 3 is 1.03 bits per heavy atom. The summed E-state index contributed by atoms with van der Waals surface area (Å²) in [7, 11) is 1.49. The Balaban J connectivity index is 4.10. The number of esters is 2. The van der Waals surface area contributed by atoms with E-state index in [1.54, 1.807) is 0 Å². The van der Waals surface area contributed by atoms with E-state index in [2.05, 4.69) is 38.2 Å². The van der Waals surface area contributed by atoms with E-state index >= 15 is 0 Å². The summed E-state index contributed by atoms with van der Waals surface area (Å²) in [5, 5.41) is 0. The first-order valence-electron chi connectivity index (χ1n) is 31.1. The molecular weight excluding hydrogens is 918 g/mol. The van der Waals surface area contributed by atoms with Crippen molar-refractivity contribution in [1.82, 2.24) is 0 Å². The van der Waals surface area contributed by atoms with E-state index in [1.807, 2.05) is 21.1 Å². The lowest BCUT2D eigenvalue weighted by atomic mass is 10.0. The van der Waals surface area contributed by atoms with Crippen molar-refractivity contribution in [3.8, 4) is 0 Å². The molecule has 0 radical (unpaired) electrons. The van der Waals surface area contributed by atoms with Crippen LogP contribution in [0.1, 0.15) is 309 Å². The summed E-state index contributed by atoms with van der Waals surface area (Å²) in [5.74, 6) is -0.782. The fourth-order valence-electron chi connectivity index (χ4n) is 9.13. The first-order chi connectivity index (χ1) is 35.0. The highest BCUT2D eigenvalue weighted by Crippen LogP contribution is 2.43. The third-order valence-electron chi connectivity index (χ3n) is 14.0. The number of nitrogens with zero attached hydrogens (tertiary/aromatic N) is 1. The maximum absolute atomic E-state index is 12.8. The average Bonchev–Trinajstić information content (AvgIpc) is 3.34. The molecule has 2 atom stereocenters. The van der Waals surface area contributed by atoms with Gasteiger partial charge in [-0.05, 0) is 64.2 Å². The molecule has 0 rings (SSSR count). The van der Waals surface area contributed by atoms with Crippen LogP contribution in [0, 0.1) is 0 Å². The molecule has 426 valence electrons. The largest absolute Gasteiger partial charge is 0.472 e. The van der Waals surface area contributed by atoms with Gasteiger partial charge in [0, 0.05) is 12.8 Å². The Morgan fingerprint density at radius 1 is 0.417 bits per heavy atom. The summed E-state index contributed by atoms with van der Waals surface area (Å²) in [6.07, 6.45) is 65.4. The van der Waals surface area contributed by atoms with Crippen LogP contribution in [0.3, 0.4) is 0 Å². The van der Waals surface area contributed by atoms with Gasteiger partial charge >= 0.3 is 19.8 Å². The van der Waals surface area contributed by atoms with Crippen LogP contribution >= 0.6 is 7.82 Å². The topological polar surface area (TPSA) is 108 Å². The van der Waals surface area contributed by atoms with Gasteiger partial charge in [-0.25, -0.2) is 4.57 Å². The van der Waals surface area contributed by atoms with Crippen molar-refractivity contribution >= 4 is 19.8 Å². The van der Waals surface area contributed by atoms with Gasteiger partial charge in [0.1, 0.15) is 19.8 Å². The number of quaternary nitrogens is 1. The lowest BCUT2D eigenvalue weighted by Crippen LogP contribution is -2.37. The Hall–Kier alpha value is -1.51. The molecule has 0 aromatic rings. The maximum atomic E-state index is 12.8. The second kappa shape index (κ2) is 54.3. The van der Waals surface area contributed by atoms with Crippen molar-refractivity contribution in [2.24, 2.45) is 0 Å². The number of rotatable bonds is 58. The van der Waals surface area contributed by atoms with E-state index in [0.717, 1.165) is 32.1 Å². The standard InChI is InChI=1S/C62H120NO8P/c1-6-8-10-12-14-16-18-20-22-24-26-28-30-31-33-35-37-39-41-43-45-47-49-51-53-55-62(65)71-60(59-70-72(66,67)69-57-56-63(3,4)5)58-68-61(64)54-52-50-48-46-44-42-40-38-36-34-32-29-27-25-23-21-19-17-15-13-11-9-7-2/h24-27,60H,6-23,28-59H2,1-5H3/p+1/b26-24-,27-25-. The molecule has 0 saturated heterocycles. The van der Waals surface area contributed by atoms with Gasteiger partial charge in [-0.1, -0.05) is 256 Å². The number of ether oxygens (including phenoxy) is 2. The molecule has 9 nitrogen and oxygen atoms in total. The molecule has 0 spiro atoms. The molecule has 0 aromatic heterocycles. The minimum atomic E-state index is -4.38. The number of phosphoric ester groups is 1. The van der Waals surface area contributed by atoms with Crippen LogP contribution in [0.2, 0.25) is 0 Å². The zero-order valence-electron chi connectivity index (χ0n) is 48.4. The number of likely N-dealkylation sites (N-methyl/N-ethyl adjacent to an activating group) is 1. The Labute approximate surface area is 447 Å². The molecule has 0 bridgehead atoms. The molecule has 0 aliphatic rings. The normalized spacial score (nSPS) is 13.4. The van der Waals surface area contributed by atoms with E-state index in [9.17, 15) is 19.0 Å². The van der Waals surface area contributed by atoms with Crippen molar-refractivity contribution in [3.63, 3.8) is 0 Å². The van der Waals surface area contributed by atoms with Gasteiger partial charge in [-0.2, -0.15) is 0 Å². The highest BCUT2D eigenvalue weighted by atomic mass is 31.2. The minimum Gasteiger partial charge on any atom is -0.462 e. The third-order valence-corrected chi connectivity index (χ3v) is 14.9. The number of hydrogen-bond acceptors (Lipinski definition) is 7. The number of allylic oxidation sites excluding steroid dienone is 4. The maximum Gasteiger partial charge on any atom is 0.472 e. The number of phosphoric acid groups is 1. The number of unbranched alkanes of at least 4 members (excludes halogenated alkanes) is 40. The molecule has 72 heavy (non-hydrogen) atoms. The Bertz CT molecular complexity index is 1270. The lowest BCUT2D eigenvalue weighted by Gasteiger charge is -2.24. The SMILES string of the molecule is CCCCCCCCCC/C=C\CCCCCCCCCCCCCCCC(=O)OC(COC(=O)CCCCCCCCCCCCC/C=C\CCCCCCCCCC)COP(=O)(O)OCC[N+](C)(C)C. The van der Waals surface area contributed by atoms with Crippen LogP contribution in [0.5, 0.6) is 0 Å². The third kappa shape index (κ3) is 57.8. The van der Waals surface area contributed by atoms with Crippen LogP contribution < -0.4 is 0 Å². The summed E-state index contributed by atoms with van der Waals surface area (Å²) < 4.78 is 34.6. The van der Waals surface area contributed by atoms with Gasteiger partial charge in [0.25, 0.3) is 0 Å². The predicted octanol–water partition coefficient (Wildman–Crippen LogP) is 19.4. The summed E-state index contributed by atoms with van der Waals surface area (Å²) in [5.41, 5.74) is 0. The predicted molar refractivity (Wildman–Crippen MR) is 307 cm³/mol. The van der Waals surface area contributed by atoms with Crippen LogP contribution in [0.4, 0.5) is 0 Å². The highest BCUT2D eigenvalue weighted by Gasteiger charge is 2.27. The molecule has 10 heteroatoms. The molecule has 0 amide bonds. The van der Waals surface area contributed by atoms with Gasteiger partial charge in [0.05, 0.1) is 27.7 Å². The van der Waals surface area contributed by atoms with Gasteiger partial charge in [0.15, 0.2) is 6.10 Å². The number of carbonyl (C=O) groups is 2. The van der Waals surface area contributed by atoms with Crippen LogP contribution in [0.15, 0.2) is 24.3 Å². The molecule has 0 heterocycles. The highest BCUT2D eigenvalue weighted by molar-refractivity contribution is 7.47. The summed E-state index contributed by atoms with van der Waals surface area (Å²) >= 11 is 0. The van der Waals surface area contributed by atoms with E-state index in [-0.39, 0.29) is 25.6 Å². The van der Waals surface area contributed by atoms with E-state index in [4.69, 9.17) is 18.5 Å². The van der Waals surface area contributed by atoms with Crippen molar-refractivity contribution < 1.29 is 42.1 Å². The molecule has 0 aliphatic heterocycles. The zero-order chi connectivity index (χ0) is 52.7. The van der Waals surface area contributed by atoms with Crippen LogP contribution in [-0.4, -0.2) is 74.9 Å². The van der Waals surface area contributed by atoms with Crippen molar-refractivity contribution in [2.45, 2.75) is 315 Å². The summed E-state index contributed by atoms with van der Waals surface area (Å²) in [6, 6.07) is 0. The lowest BCUT2D eigenvalue weighted by molar-refractivity contribution is -0.870. The van der Waals surface area contributed by atoms with E-state index < -0.39 is 26.5 Å². The number of carbonyl (C=O) groups excluding carboxylic acids is 2. The first kappa shape index (κ1) is 70.5.